The molecule has 2 aliphatic rings. The SMILES string of the molecule is CN(C)CCCCC(=O)N1CCCC(C(=O)NCC2CC2)C1. The number of piperidine rings is 1. The maximum Gasteiger partial charge on any atom is 0.224 e. The molecular weight excluding hydrogens is 278 g/mol. The van der Waals surface area contributed by atoms with Crippen molar-refractivity contribution in [1.82, 2.24) is 15.1 Å². The Hall–Kier alpha value is -1.10. The molecular formula is C17H31N3O2. The molecule has 2 amide bonds. The molecule has 126 valence electrons. The van der Waals surface area contributed by atoms with Crippen LogP contribution in [0.15, 0.2) is 0 Å². The average Bonchev–Trinajstić information content (AvgIpc) is 3.33. The number of rotatable bonds is 8. The Kier molecular flexibility index (Phi) is 6.68. The number of nitrogens with zero attached hydrogens (tertiary/aromatic N) is 2. The second-order valence-corrected chi connectivity index (χ2v) is 7.13. The molecule has 1 aliphatic heterocycles. The van der Waals surface area contributed by atoms with Gasteiger partial charge in [0, 0.05) is 26.1 Å². The fourth-order valence-electron chi connectivity index (χ4n) is 2.99. The van der Waals surface area contributed by atoms with Crippen molar-refractivity contribution < 1.29 is 9.59 Å². The van der Waals surface area contributed by atoms with Crippen molar-refractivity contribution in [3.63, 3.8) is 0 Å². The van der Waals surface area contributed by atoms with Gasteiger partial charge in [-0.3, -0.25) is 9.59 Å². The summed E-state index contributed by atoms with van der Waals surface area (Å²) < 4.78 is 0. The first kappa shape index (κ1) is 17.3. The molecule has 0 aromatic rings. The highest BCUT2D eigenvalue weighted by atomic mass is 16.2. The lowest BCUT2D eigenvalue weighted by molar-refractivity contribution is -0.135. The first-order chi connectivity index (χ1) is 10.6. The first-order valence-electron chi connectivity index (χ1n) is 8.76. The van der Waals surface area contributed by atoms with Gasteiger partial charge >= 0.3 is 0 Å². The van der Waals surface area contributed by atoms with Gasteiger partial charge in [-0.15, -0.1) is 0 Å². The highest BCUT2D eigenvalue weighted by molar-refractivity contribution is 5.81. The first-order valence-corrected chi connectivity index (χ1v) is 8.76. The summed E-state index contributed by atoms with van der Waals surface area (Å²) >= 11 is 0. The summed E-state index contributed by atoms with van der Waals surface area (Å²) in [5.74, 6) is 1.08. The second kappa shape index (κ2) is 8.51. The minimum atomic E-state index is -0.00164. The van der Waals surface area contributed by atoms with E-state index in [-0.39, 0.29) is 17.7 Å². The van der Waals surface area contributed by atoms with E-state index < -0.39 is 0 Å². The minimum Gasteiger partial charge on any atom is -0.356 e. The van der Waals surface area contributed by atoms with Crippen LogP contribution in [0.25, 0.3) is 0 Å². The fraction of sp³-hybridized carbons (Fsp3) is 0.882. The Morgan fingerprint density at radius 2 is 1.95 bits per heavy atom. The van der Waals surface area contributed by atoms with E-state index in [2.05, 4.69) is 24.3 Å². The van der Waals surface area contributed by atoms with Gasteiger partial charge < -0.3 is 15.1 Å². The average molecular weight is 309 g/mol. The molecule has 0 bridgehead atoms. The molecule has 0 spiro atoms. The number of nitrogens with one attached hydrogen (secondary N) is 1. The van der Waals surface area contributed by atoms with E-state index in [0.717, 1.165) is 45.3 Å². The molecule has 2 rings (SSSR count). The quantitative estimate of drug-likeness (QED) is 0.691. The van der Waals surface area contributed by atoms with Crippen LogP contribution in [0.4, 0.5) is 0 Å². The van der Waals surface area contributed by atoms with Crippen LogP contribution in [-0.4, -0.2) is 61.9 Å². The molecule has 5 heteroatoms. The number of unbranched alkanes of at least 4 members (excludes halogenated alkanes) is 1. The molecule has 1 saturated heterocycles. The topological polar surface area (TPSA) is 52.7 Å². The van der Waals surface area contributed by atoms with Gasteiger partial charge in [0.1, 0.15) is 0 Å². The van der Waals surface area contributed by atoms with Crippen LogP contribution in [-0.2, 0) is 9.59 Å². The van der Waals surface area contributed by atoms with Gasteiger partial charge in [-0.2, -0.15) is 0 Å². The summed E-state index contributed by atoms with van der Waals surface area (Å²) in [5.41, 5.74) is 0. The summed E-state index contributed by atoms with van der Waals surface area (Å²) in [6.45, 7) is 3.29. The van der Waals surface area contributed by atoms with Crippen molar-refractivity contribution >= 4 is 11.8 Å². The standard InChI is InChI=1S/C17H31N3O2/c1-19(2)10-4-3-7-16(21)20-11-5-6-15(13-20)17(22)18-12-14-8-9-14/h14-15H,3-13H2,1-2H3,(H,18,22). The predicted octanol–water partition coefficient (Wildman–Crippen LogP) is 1.48. The van der Waals surface area contributed by atoms with Gasteiger partial charge in [0.15, 0.2) is 0 Å². The maximum absolute atomic E-state index is 12.3. The fourth-order valence-corrected chi connectivity index (χ4v) is 2.99. The summed E-state index contributed by atoms with van der Waals surface area (Å²) in [6.07, 6.45) is 6.98. The largest absolute Gasteiger partial charge is 0.356 e. The Labute approximate surface area is 134 Å². The van der Waals surface area contributed by atoms with E-state index in [1.807, 2.05) is 4.90 Å². The van der Waals surface area contributed by atoms with E-state index in [1.54, 1.807) is 0 Å². The van der Waals surface area contributed by atoms with Crippen LogP contribution in [0.5, 0.6) is 0 Å². The molecule has 1 heterocycles. The van der Waals surface area contributed by atoms with Crippen molar-refractivity contribution in [3.8, 4) is 0 Å². The Bertz CT molecular complexity index is 380. The molecule has 22 heavy (non-hydrogen) atoms. The molecule has 0 radical (unpaired) electrons. The molecule has 5 nitrogen and oxygen atoms in total. The number of hydrogen-bond acceptors (Lipinski definition) is 3. The lowest BCUT2D eigenvalue weighted by Gasteiger charge is -2.32. The van der Waals surface area contributed by atoms with Crippen LogP contribution in [0.2, 0.25) is 0 Å². The van der Waals surface area contributed by atoms with Crippen molar-refractivity contribution in [2.45, 2.75) is 44.9 Å². The smallest absolute Gasteiger partial charge is 0.224 e. The normalized spacial score (nSPS) is 22.0. The molecule has 1 N–H and O–H groups in total. The van der Waals surface area contributed by atoms with Gasteiger partial charge in [0.25, 0.3) is 0 Å². The third-order valence-electron chi connectivity index (χ3n) is 4.65. The van der Waals surface area contributed by atoms with Crippen LogP contribution in [0, 0.1) is 11.8 Å². The van der Waals surface area contributed by atoms with Gasteiger partial charge in [-0.25, -0.2) is 0 Å². The third kappa shape index (κ3) is 5.95. The molecule has 0 aromatic carbocycles. The lowest BCUT2D eigenvalue weighted by atomic mass is 9.96. The number of carbonyl (C=O) groups is 2. The number of amides is 2. The second-order valence-electron chi connectivity index (χ2n) is 7.13. The van der Waals surface area contributed by atoms with E-state index >= 15 is 0 Å². The maximum atomic E-state index is 12.3. The Morgan fingerprint density at radius 3 is 2.64 bits per heavy atom. The predicted molar refractivity (Wildman–Crippen MR) is 87.4 cm³/mol. The van der Waals surface area contributed by atoms with E-state index in [0.29, 0.717) is 18.9 Å². The van der Waals surface area contributed by atoms with Gasteiger partial charge in [0.2, 0.25) is 11.8 Å². The van der Waals surface area contributed by atoms with Gasteiger partial charge in [-0.05, 0) is 65.1 Å². The molecule has 2 fully saturated rings. The van der Waals surface area contributed by atoms with E-state index in [1.165, 1.54) is 12.8 Å². The number of likely N-dealkylation sites (tertiary alicyclic amines) is 1. The van der Waals surface area contributed by atoms with Gasteiger partial charge in [0.05, 0.1) is 5.92 Å². The molecule has 1 saturated carbocycles. The Morgan fingerprint density at radius 1 is 1.18 bits per heavy atom. The summed E-state index contributed by atoms with van der Waals surface area (Å²) in [4.78, 5) is 28.5. The van der Waals surface area contributed by atoms with Crippen molar-refractivity contribution in [1.29, 1.82) is 0 Å². The monoisotopic (exact) mass is 309 g/mol. The zero-order valence-corrected chi connectivity index (χ0v) is 14.1. The third-order valence-corrected chi connectivity index (χ3v) is 4.65. The minimum absolute atomic E-state index is 0.00164. The highest BCUT2D eigenvalue weighted by Gasteiger charge is 2.29. The van der Waals surface area contributed by atoms with E-state index in [9.17, 15) is 9.59 Å². The van der Waals surface area contributed by atoms with Crippen LogP contribution in [0.3, 0.4) is 0 Å². The number of hydrogen-bond donors (Lipinski definition) is 1. The molecule has 0 aromatic heterocycles. The van der Waals surface area contributed by atoms with Crippen LogP contribution >= 0.6 is 0 Å². The van der Waals surface area contributed by atoms with Crippen LogP contribution < -0.4 is 5.32 Å². The summed E-state index contributed by atoms with van der Waals surface area (Å²) in [5, 5.41) is 3.06. The number of carbonyl (C=O) groups excluding carboxylic acids is 2. The van der Waals surface area contributed by atoms with E-state index in [4.69, 9.17) is 0 Å². The van der Waals surface area contributed by atoms with Crippen LogP contribution in [0.1, 0.15) is 44.9 Å². The van der Waals surface area contributed by atoms with Crippen molar-refractivity contribution in [3.05, 3.63) is 0 Å². The van der Waals surface area contributed by atoms with Crippen molar-refractivity contribution in [2.24, 2.45) is 11.8 Å². The lowest BCUT2D eigenvalue weighted by Crippen LogP contribution is -2.45. The Balaban J connectivity index is 1.67. The molecule has 1 unspecified atom stereocenters. The molecule has 1 atom stereocenters. The highest BCUT2D eigenvalue weighted by Crippen LogP contribution is 2.28. The van der Waals surface area contributed by atoms with Crippen molar-refractivity contribution in [2.75, 3.05) is 40.3 Å². The molecule has 1 aliphatic carbocycles. The zero-order chi connectivity index (χ0) is 15.9. The zero-order valence-electron chi connectivity index (χ0n) is 14.1. The summed E-state index contributed by atoms with van der Waals surface area (Å²) in [7, 11) is 4.11. The van der Waals surface area contributed by atoms with Gasteiger partial charge in [-0.1, -0.05) is 0 Å². The summed E-state index contributed by atoms with van der Waals surface area (Å²) in [6, 6.07) is 0.